The van der Waals surface area contributed by atoms with Crippen molar-refractivity contribution >= 4 is 5.91 Å². The Morgan fingerprint density at radius 2 is 1.88 bits per heavy atom. The van der Waals surface area contributed by atoms with E-state index in [1.807, 2.05) is 18.2 Å². The highest BCUT2D eigenvalue weighted by molar-refractivity contribution is 5.80. The lowest BCUT2D eigenvalue weighted by Crippen LogP contribution is -2.41. The number of benzene rings is 2. The third-order valence-corrected chi connectivity index (χ3v) is 7.11. The number of nitrogens with one attached hydrogen (secondary N) is 1. The lowest BCUT2D eigenvalue weighted by atomic mass is 9.82. The number of piperidine rings is 1. The van der Waals surface area contributed by atoms with Crippen LogP contribution in [0.1, 0.15) is 75.3 Å². The van der Waals surface area contributed by atoms with E-state index in [0.717, 1.165) is 61.5 Å². The largest absolute Gasteiger partial charge is 0.494 e. The Kier molecular flexibility index (Phi) is 8.73. The van der Waals surface area contributed by atoms with Crippen LogP contribution in [0, 0.1) is 5.92 Å². The fourth-order valence-electron chi connectivity index (χ4n) is 5.15. The average Bonchev–Trinajstić information content (AvgIpc) is 3.37. The molecule has 2 aliphatic rings. The van der Waals surface area contributed by atoms with Crippen molar-refractivity contribution in [3.63, 3.8) is 0 Å². The summed E-state index contributed by atoms with van der Waals surface area (Å²) in [6.07, 6.45) is 9.93. The van der Waals surface area contributed by atoms with Gasteiger partial charge in [-0.2, -0.15) is 0 Å². The third-order valence-electron chi connectivity index (χ3n) is 7.11. The Hall–Kier alpha value is -2.69. The Bertz CT molecular complexity index is 937. The summed E-state index contributed by atoms with van der Waals surface area (Å²) in [6.45, 7) is 3.59. The third kappa shape index (κ3) is 6.46. The minimum Gasteiger partial charge on any atom is -0.494 e. The van der Waals surface area contributed by atoms with Gasteiger partial charge in [0.05, 0.1) is 19.8 Å². The van der Waals surface area contributed by atoms with Crippen LogP contribution in [0.15, 0.2) is 42.5 Å². The molecule has 5 nitrogen and oxygen atoms in total. The molecule has 1 amide bonds. The van der Waals surface area contributed by atoms with Crippen molar-refractivity contribution < 1.29 is 19.0 Å². The van der Waals surface area contributed by atoms with Crippen molar-refractivity contribution in [3.8, 4) is 17.2 Å². The van der Waals surface area contributed by atoms with E-state index < -0.39 is 0 Å². The summed E-state index contributed by atoms with van der Waals surface area (Å²) in [5.74, 6) is 2.84. The summed E-state index contributed by atoms with van der Waals surface area (Å²) >= 11 is 0. The van der Waals surface area contributed by atoms with Crippen molar-refractivity contribution in [3.05, 3.63) is 53.6 Å². The molecule has 0 spiro atoms. The number of amides is 1. The van der Waals surface area contributed by atoms with Gasteiger partial charge in [0.1, 0.15) is 5.75 Å². The zero-order chi connectivity index (χ0) is 23.8. The van der Waals surface area contributed by atoms with Crippen LogP contribution in [0.2, 0.25) is 0 Å². The van der Waals surface area contributed by atoms with Gasteiger partial charge in [-0.05, 0) is 80.3 Å². The van der Waals surface area contributed by atoms with E-state index in [1.165, 1.54) is 31.2 Å². The molecule has 1 heterocycles. The van der Waals surface area contributed by atoms with Gasteiger partial charge < -0.3 is 19.5 Å². The molecule has 4 rings (SSSR count). The number of rotatable bonds is 11. The topological polar surface area (TPSA) is 56.8 Å². The van der Waals surface area contributed by atoms with E-state index >= 15 is 0 Å². The number of methoxy groups -OCH3 is 1. The molecule has 2 fully saturated rings. The molecular formula is C29H39NO4. The predicted molar refractivity (Wildman–Crippen MR) is 135 cm³/mol. The smallest absolute Gasteiger partial charge is 0.223 e. The van der Waals surface area contributed by atoms with Crippen LogP contribution in [0.5, 0.6) is 17.2 Å². The van der Waals surface area contributed by atoms with Crippen molar-refractivity contribution in [2.24, 2.45) is 5.92 Å². The lowest BCUT2D eigenvalue weighted by molar-refractivity contribution is -0.126. The minimum atomic E-state index is -0.0598. The number of ether oxygens (including phenoxy) is 3. The molecule has 1 aliphatic heterocycles. The molecular weight excluding hydrogens is 426 g/mol. The van der Waals surface area contributed by atoms with Gasteiger partial charge in [-0.25, -0.2) is 0 Å². The SMILES string of the molecule is CCCCCOc1cccc(C[C@H]2C[C@@H](c3ccc(OC)c(OC4CCCC4)c3)CNC2=O)c1. The molecule has 1 saturated heterocycles. The summed E-state index contributed by atoms with van der Waals surface area (Å²) in [5.41, 5.74) is 2.35. The van der Waals surface area contributed by atoms with Crippen molar-refractivity contribution in [1.82, 2.24) is 5.32 Å². The molecule has 2 aromatic carbocycles. The molecule has 1 aliphatic carbocycles. The highest BCUT2D eigenvalue weighted by Gasteiger charge is 2.30. The maximum atomic E-state index is 12.7. The summed E-state index contributed by atoms with van der Waals surface area (Å²) in [5, 5.41) is 3.14. The van der Waals surface area contributed by atoms with Gasteiger partial charge in [0.2, 0.25) is 5.91 Å². The molecule has 34 heavy (non-hydrogen) atoms. The van der Waals surface area contributed by atoms with Gasteiger partial charge in [0.15, 0.2) is 11.5 Å². The average molecular weight is 466 g/mol. The van der Waals surface area contributed by atoms with Gasteiger partial charge in [0.25, 0.3) is 0 Å². The van der Waals surface area contributed by atoms with Crippen molar-refractivity contribution in [2.75, 3.05) is 20.3 Å². The summed E-state index contributed by atoms with van der Waals surface area (Å²) in [4.78, 5) is 12.7. The predicted octanol–water partition coefficient (Wildman–Crippen LogP) is 6.05. The Labute approximate surface area is 204 Å². The van der Waals surface area contributed by atoms with Crippen LogP contribution >= 0.6 is 0 Å². The van der Waals surface area contributed by atoms with Gasteiger partial charge in [0, 0.05) is 18.4 Å². The molecule has 5 heteroatoms. The molecule has 0 aromatic heterocycles. The second kappa shape index (κ2) is 12.1. The van der Waals surface area contributed by atoms with Crippen LogP contribution in [-0.2, 0) is 11.2 Å². The fourth-order valence-corrected chi connectivity index (χ4v) is 5.15. The van der Waals surface area contributed by atoms with Crippen LogP contribution in [0.3, 0.4) is 0 Å². The lowest BCUT2D eigenvalue weighted by Gasteiger charge is -2.30. The van der Waals surface area contributed by atoms with E-state index in [0.29, 0.717) is 6.54 Å². The van der Waals surface area contributed by atoms with Crippen molar-refractivity contribution in [1.29, 1.82) is 0 Å². The van der Waals surface area contributed by atoms with Crippen LogP contribution < -0.4 is 19.5 Å². The van der Waals surface area contributed by atoms with E-state index in [9.17, 15) is 4.79 Å². The van der Waals surface area contributed by atoms with Crippen LogP contribution in [0.25, 0.3) is 0 Å². The van der Waals surface area contributed by atoms with Crippen LogP contribution in [-0.4, -0.2) is 32.3 Å². The number of carbonyl (C=O) groups is 1. The maximum absolute atomic E-state index is 12.7. The molecule has 2 aromatic rings. The molecule has 0 unspecified atom stereocenters. The van der Waals surface area contributed by atoms with E-state index in [-0.39, 0.29) is 23.8 Å². The number of hydrogen-bond acceptors (Lipinski definition) is 4. The van der Waals surface area contributed by atoms with Crippen molar-refractivity contribution in [2.45, 2.75) is 76.7 Å². The Morgan fingerprint density at radius 1 is 1.03 bits per heavy atom. The van der Waals surface area contributed by atoms with Gasteiger partial charge in [-0.1, -0.05) is 38.0 Å². The summed E-state index contributed by atoms with van der Waals surface area (Å²) in [7, 11) is 1.69. The van der Waals surface area contributed by atoms with Gasteiger partial charge >= 0.3 is 0 Å². The number of hydrogen-bond donors (Lipinski definition) is 1. The normalized spacial score (nSPS) is 20.7. The summed E-state index contributed by atoms with van der Waals surface area (Å²) in [6, 6.07) is 14.5. The zero-order valence-corrected chi connectivity index (χ0v) is 20.7. The molecule has 0 radical (unpaired) electrons. The molecule has 184 valence electrons. The quantitative estimate of drug-likeness (QED) is 0.411. The summed E-state index contributed by atoms with van der Waals surface area (Å²) < 4.78 is 17.8. The number of unbranched alkanes of at least 4 members (excludes halogenated alkanes) is 2. The molecule has 2 atom stereocenters. The van der Waals surface area contributed by atoms with Crippen LogP contribution in [0.4, 0.5) is 0 Å². The highest BCUT2D eigenvalue weighted by atomic mass is 16.5. The molecule has 1 N–H and O–H groups in total. The van der Waals surface area contributed by atoms with E-state index in [1.54, 1.807) is 7.11 Å². The first-order valence-corrected chi connectivity index (χ1v) is 13.0. The second-order valence-electron chi connectivity index (χ2n) is 9.72. The highest BCUT2D eigenvalue weighted by Crippen LogP contribution is 2.37. The first-order valence-electron chi connectivity index (χ1n) is 13.0. The molecule has 1 saturated carbocycles. The standard InChI is InChI=1S/C29H39NO4/c1-3-4-7-15-33-26-12-8-9-21(17-26)16-23-18-24(20-30-29(23)31)22-13-14-27(32-2)28(19-22)34-25-10-5-6-11-25/h8-9,12-14,17,19,23-25H,3-7,10-11,15-16,18,20H2,1-2H3,(H,30,31)/t23-,24+/m0/s1. The monoisotopic (exact) mass is 465 g/mol. The van der Waals surface area contributed by atoms with Gasteiger partial charge in [-0.15, -0.1) is 0 Å². The number of carbonyl (C=O) groups excluding carboxylic acids is 1. The molecule has 0 bridgehead atoms. The maximum Gasteiger partial charge on any atom is 0.223 e. The minimum absolute atomic E-state index is 0.0598. The van der Waals surface area contributed by atoms with Gasteiger partial charge in [-0.3, -0.25) is 4.79 Å². The Morgan fingerprint density at radius 3 is 2.68 bits per heavy atom. The van der Waals surface area contributed by atoms with E-state index in [4.69, 9.17) is 14.2 Å². The van der Waals surface area contributed by atoms with E-state index in [2.05, 4.69) is 36.5 Å². The Balaban J connectivity index is 1.41. The zero-order valence-electron chi connectivity index (χ0n) is 20.7. The first-order chi connectivity index (χ1) is 16.7. The fraction of sp³-hybridized carbons (Fsp3) is 0.552. The second-order valence-corrected chi connectivity index (χ2v) is 9.72. The first kappa shape index (κ1) is 24.4.